The fourth-order valence-electron chi connectivity index (χ4n) is 4.27. The van der Waals surface area contributed by atoms with Crippen molar-refractivity contribution in [1.82, 2.24) is 14.5 Å². The zero-order valence-electron chi connectivity index (χ0n) is 20.5. The van der Waals surface area contributed by atoms with Crippen LogP contribution in [0.15, 0.2) is 59.9 Å². The normalized spacial score (nSPS) is 15.7. The summed E-state index contributed by atoms with van der Waals surface area (Å²) in [5.41, 5.74) is 0.799. The Bertz CT molecular complexity index is 1320. The summed E-state index contributed by atoms with van der Waals surface area (Å²) in [6, 6.07) is 10.9. The number of amides is 1. The summed E-state index contributed by atoms with van der Waals surface area (Å²) < 4.78 is 66.9. The molecule has 2 aromatic carbocycles. The summed E-state index contributed by atoms with van der Waals surface area (Å²) in [6.45, 7) is 1.17. The molecule has 198 valence electrons. The van der Waals surface area contributed by atoms with Crippen LogP contribution < -0.4 is 0 Å². The molecule has 1 aliphatic rings. The Balaban J connectivity index is 1.67. The molecule has 1 atom stereocenters. The number of aromatic nitrogens is 2. The molecule has 0 unspecified atom stereocenters. The van der Waals surface area contributed by atoms with Gasteiger partial charge < -0.3 is 18.9 Å². The Hall–Kier alpha value is -3.15. The van der Waals surface area contributed by atoms with Gasteiger partial charge in [0, 0.05) is 20.3 Å². The van der Waals surface area contributed by atoms with Crippen LogP contribution in [0.2, 0.25) is 0 Å². The molecule has 2 heterocycles. The number of nitrogens with zero attached hydrogens (tertiary/aromatic N) is 3. The number of carbonyl (C=O) groups is 1. The Labute approximate surface area is 214 Å². The van der Waals surface area contributed by atoms with Gasteiger partial charge in [0.15, 0.2) is 0 Å². The topological polar surface area (TPSA) is 90.7 Å². The maximum Gasteiger partial charge on any atom is 0.257 e. The van der Waals surface area contributed by atoms with Gasteiger partial charge in [-0.15, -0.1) is 0 Å². The van der Waals surface area contributed by atoms with Crippen LogP contribution in [0.5, 0.6) is 0 Å². The molecule has 4 rings (SSSR count). The molecule has 0 radical (unpaired) electrons. The van der Waals surface area contributed by atoms with E-state index in [-0.39, 0.29) is 48.8 Å². The van der Waals surface area contributed by atoms with E-state index in [1.807, 2.05) is 0 Å². The maximum atomic E-state index is 14.4. The van der Waals surface area contributed by atoms with E-state index >= 15 is 0 Å². The van der Waals surface area contributed by atoms with Crippen molar-refractivity contribution in [2.24, 2.45) is 0 Å². The lowest BCUT2D eigenvalue weighted by Gasteiger charge is -2.24. The van der Waals surface area contributed by atoms with Crippen LogP contribution in [0.4, 0.5) is 8.78 Å². The van der Waals surface area contributed by atoms with Gasteiger partial charge in [-0.25, -0.2) is 22.2 Å². The first-order valence-electron chi connectivity index (χ1n) is 11.9. The number of halogens is 2. The van der Waals surface area contributed by atoms with E-state index in [4.69, 9.17) is 9.47 Å². The van der Waals surface area contributed by atoms with Gasteiger partial charge in [0.1, 0.15) is 11.6 Å². The minimum Gasteiger partial charge on any atom is -0.383 e. The van der Waals surface area contributed by atoms with Gasteiger partial charge in [0.25, 0.3) is 5.91 Å². The van der Waals surface area contributed by atoms with Crippen LogP contribution in [0.1, 0.15) is 34.5 Å². The van der Waals surface area contributed by atoms with Gasteiger partial charge in [0.2, 0.25) is 15.0 Å². The highest BCUT2D eigenvalue weighted by molar-refractivity contribution is 7.90. The first-order chi connectivity index (χ1) is 17.8. The predicted octanol–water partition coefficient (Wildman–Crippen LogP) is 3.60. The summed E-state index contributed by atoms with van der Waals surface area (Å²) in [5.74, 6) is -2.02. The largest absolute Gasteiger partial charge is 0.383 e. The van der Waals surface area contributed by atoms with Crippen molar-refractivity contribution in [3.8, 4) is 0 Å². The molecule has 0 aliphatic carbocycles. The van der Waals surface area contributed by atoms with Gasteiger partial charge in [-0.3, -0.25) is 4.79 Å². The highest BCUT2D eigenvalue weighted by Crippen LogP contribution is 2.23. The van der Waals surface area contributed by atoms with E-state index in [1.165, 1.54) is 60.7 Å². The fraction of sp³-hybridized carbons (Fsp3) is 0.385. The van der Waals surface area contributed by atoms with Crippen molar-refractivity contribution in [3.63, 3.8) is 0 Å². The second-order valence-electron chi connectivity index (χ2n) is 8.86. The molecular formula is C26H29F2N3O5S. The third kappa shape index (κ3) is 6.60. The Morgan fingerprint density at radius 1 is 1.19 bits per heavy atom. The average molecular weight is 534 g/mol. The monoisotopic (exact) mass is 533 g/mol. The van der Waals surface area contributed by atoms with Crippen molar-refractivity contribution in [2.75, 3.05) is 26.9 Å². The van der Waals surface area contributed by atoms with Crippen molar-refractivity contribution in [2.45, 2.75) is 42.9 Å². The van der Waals surface area contributed by atoms with Gasteiger partial charge in [-0.2, -0.15) is 0 Å². The third-order valence-corrected chi connectivity index (χ3v) is 7.77. The number of hydrogen-bond acceptors (Lipinski definition) is 6. The molecule has 1 fully saturated rings. The Morgan fingerprint density at radius 3 is 2.62 bits per heavy atom. The summed E-state index contributed by atoms with van der Waals surface area (Å²) in [5, 5.41) is -0.160. The van der Waals surface area contributed by atoms with Crippen molar-refractivity contribution in [1.29, 1.82) is 0 Å². The highest BCUT2D eigenvalue weighted by Gasteiger charge is 2.29. The molecule has 11 heteroatoms. The number of carbonyl (C=O) groups excluding carboxylic acids is 1. The number of benzene rings is 2. The van der Waals surface area contributed by atoms with E-state index in [9.17, 15) is 22.0 Å². The lowest BCUT2D eigenvalue weighted by molar-refractivity contribution is 0.0664. The second kappa shape index (κ2) is 11.9. The molecule has 37 heavy (non-hydrogen) atoms. The predicted molar refractivity (Wildman–Crippen MR) is 132 cm³/mol. The van der Waals surface area contributed by atoms with Crippen molar-refractivity contribution in [3.05, 3.63) is 83.2 Å². The number of sulfone groups is 1. The molecule has 0 N–H and O–H groups in total. The molecule has 1 aliphatic heterocycles. The standard InChI is InChI=1S/C26H29F2N3O5S/c1-35-14-12-30(25(32)23-6-2-3-7-24(23)28)16-21-15-29-26(31(21)17-22-5-4-13-36-22)37(33,34)18-19-8-10-20(27)11-9-19/h2-3,6-11,15,22H,4-5,12-14,16-18H2,1H3/t22-/m0/s1. The molecule has 8 nitrogen and oxygen atoms in total. The lowest BCUT2D eigenvalue weighted by atomic mass is 10.1. The average Bonchev–Trinajstić information content (AvgIpc) is 3.54. The summed E-state index contributed by atoms with van der Waals surface area (Å²) >= 11 is 0. The zero-order valence-corrected chi connectivity index (χ0v) is 21.3. The minimum absolute atomic E-state index is 0.0116. The van der Waals surface area contributed by atoms with Gasteiger partial charge in [-0.05, 0) is 42.7 Å². The number of ether oxygens (including phenoxy) is 2. The number of hydrogen-bond donors (Lipinski definition) is 0. The van der Waals surface area contributed by atoms with Gasteiger partial charge >= 0.3 is 0 Å². The molecule has 1 saturated heterocycles. The summed E-state index contributed by atoms with van der Waals surface area (Å²) in [4.78, 5) is 18.9. The van der Waals surface area contributed by atoms with Crippen LogP contribution in [0.25, 0.3) is 0 Å². The second-order valence-corrected chi connectivity index (χ2v) is 10.7. The Kier molecular flexibility index (Phi) is 8.67. The first-order valence-corrected chi connectivity index (χ1v) is 13.6. The molecule has 0 saturated carbocycles. The van der Waals surface area contributed by atoms with E-state index in [0.29, 0.717) is 17.9 Å². The van der Waals surface area contributed by atoms with E-state index in [2.05, 4.69) is 4.98 Å². The molecule has 0 spiro atoms. The lowest BCUT2D eigenvalue weighted by Crippen LogP contribution is -2.35. The minimum atomic E-state index is -3.92. The van der Waals surface area contributed by atoms with Crippen LogP contribution in [0.3, 0.4) is 0 Å². The van der Waals surface area contributed by atoms with Gasteiger partial charge in [0.05, 0.1) is 49.0 Å². The molecule has 1 amide bonds. The van der Waals surface area contributed by atoms with Crippen LogP contribution in [0, 0.1) is 11.6 Å². The molecule has 0 bridgehead atoms. The number of rotatable bonds is 11. The van der Waals surface area contributed by atoms with Crippen molar-refractivity contribution < 1.29 is 31.5 Å². The first kappa shape index (κ1) is 26.9. The third-order valence-electron chi connectivity index (χ3n) is 6.17. The van der Waals surface area contributed by atoms with Crippen molar-refractivity contribution >= 4 is 15.7 Å². The maximum absolute atomic E-state index is 14.4. The van der Waals surface area contributed by atoms with Crippen LogP contribution in [-0.2, 0) is 38.2 Å². The van der Waals surface area contributed by atoms with Crippen LogP contribution in [-0.4, -0.2) is 61.7 Å². The number of methoxy groups -OCH3 is 1. The molecular weight excluding hydrogens is 504 g/mol. The van der Waals surface area contributed by atoms with E-state index < -0.39 is 27.4 Å². The zero-order chi connectivity index (χ0) is 26.4. The summed E-state index contributed by atoms with van der Waals surface area (Å²) in [7, 11) is -2.43. The smallest absolute Gasteiger partial charge is 0.257 e. The van der Waals surface area contributed by atoms with Gasteiger partial charge in [-0.1, -0.05) is 24.3 Å². The molecule has 3 aromatic rings. The number of imidazole rings is 1. The summed E-state index contributed by atoms with van der Waals surface area (Å²) in [6.07, 6.45) is 2.83. The Morgan fingerprint density at radius 2 is 1.95 bits per heavy atom. The molecule has 1 aromatic heterocycles. The quantitative estimate of drug-likeness (QED) is 0.374. The van der Waals surface area contributed by atoms with E-state index in [0.717, 1.165) is 12.8 Å². The fourth-order valence-corrected chi connectivity index (χ4v) is 5.77. The van der Waals surface area contributed by atoms with Crippen LogP contribution >= 0.6 is 0 Å². The highest BCUT2D eigenvalue weighted by atomic mass is 32.2. The SMILES string of the molecule is COCCN(Cc1cnc(S(=O)(=O)Cc2ccc(F)cc2)n1C[C@@H]1CCCO1)C(=O)c1ccccc1F. The van der Waals surface area contributed by atoms with E-state index in [1.54, 1.807) is 10.6 Å².